The maximum absolute atomic E-state index is 12.3. The Labute approximate surface area is 143 Å². The summed E-state index contributed by atoms with van der Waals surface area (Å²) in [5.41, 5.74) is 1.08. The number of carbonyl (C=O) groups is 1. The molecule has 0 bridgehead atoms. The standard InChI is InChI=1S/C17H23N3O3S/c1-2-3-11-24(22,23)20-9-7-15(8-10-20)17(21)19-16-6-4-5-14(12-16)13-18/h4-6,12,15H,2-3,7-11H2,1H3,(H,19,21). The van der Waals surface area contributed by atoms with E-state index in [-0.39, 0.29) is 17.6 Å². The van der Waals surface area contributed by atoms with Crippen LogP contribution in [0.4, 0.5) is 5.69 Å². The van der Waals surface area contributed by atoms with E-state index in [9.17, 15) is 13.2 Å². The van der Waals surface area contributed by atoms with Gasteiger partial charge in [-0.25, -0.2) is 12.7 Å². The van der Waals surface area contributed by atoms with E-state index in [0.717, 1.165) is 6.42 Å². The van der Waals surface area contributed by atoms with Crippen LogP contribution >= 0.6 is 0 Å². The first-order valence-electron chi connectivity index (χ1n) is 8.25. The van der Waals surface area contributed by atoms with E-state index in [1.165, 1.54) is 4.31 Å². The third-order valence-electron chi connectivity index (χ3n) is 4.23. The summed E-state index contributed by atoms with van der Waals surface area (Å²) >= 11 is 0. The summed E-state index contributed by atoms with van der Waals surface area (Å²) < 4.78 is 25.9. The Hall–Kier alpha value is -1.91. The van der Waals surface area contributed by atoms with E-state index in [1.54, 1.807) is 24.3 Å². The molecule has 0 radical (unpaired) electrons. The third-order valence-corrected chi connectivity index (χ3v) is 6.19. The Bertz CT molecular complexity index is 717. The van der Waals surface area contributed by atoms with E-state index in [1.807, 2.05) is 13.0 Å². The summed E-state index contributed by atoms with van der Waals surface area (Å²) in [5, 5.41) is 11.7. The van der Waals surface area contributed by atoms with Gasteiger partial charge in [0.25, 0.3) is 0 Å². The summed E-state index contributed by atoms with van der Waals surface area (Å²) in [6.45, 7) is 2.75. The fourth-order valence-electron chi connectivity index (χ4n) is 2.76. The molecule has 7 heteroatoms. The topological polar surface area (TPSA) is 90.3 Å². The van der Waals surface area contributed by atoms with Crippen LogP contribution < -0.4 is 5.32 Å². The smallest absolute Gasteiger partial charge is 0.227 e. The van der Waals surface area contributed by atoms with Crippen LogP contribution in [0.15, 0.2) is 24.3 Å². The molecule has 1 fully saturated rings. The van der Waals surface area contributed by atoms with E-state index < -0.39 is 10.0 Å². The highest BCUT2D eigenvalue weighted by Gasteiger charge is 2.30. The molecule has 0 aliphatic carbocycles. The van der Waals surface area contributed by atoms with Crippen LogP contribution in [0.3, 0.4) is 0 Å². The molecule has 24 heavy (non-hydrogen) atoms. The Kier molecular flexibility index (Phi) is 6.35. The maximum Gasteiger partial charge on any atom is 0.227 e. The number of nitrogens with one attached hydrogen (secondary N) is 1. The molecule has 1 aromatic rings. The second kappa shape index (κ2) is 8.27. The molecular formula is C17H23N3O3S. The van der Waals surface area contributed by atoms with Crippen molar-refractivity contribution in [3.8, 4) is 6.07 Å². The molecule has 1 amide bonds. The Morgan fingerprint density at radius 2 is 2.08 bits per heavy atom. The van der Waals surface area contributed by atoms with Gasteiger partial charge in [-0.15, -0.1) is 0 Å². The predicted octanol–water partition coefficient (Wildman–Crippen LogP) is 2.34. The van der Waals surface area contributed by atoms with Crippen molar-refractivity contribution < 1.29 is 13.2 Å². The van der Waals surface area contributed by atoms with Crippen molar-refractivity contribution in [2.24, 2.45) is 5.92 Å². The van der Waals surface area contributed by atoms with Gasteiger partial charge < -0.3 is 5.32 Å². The van der Waals surface area contributed by atoms with Gasteiger partial charge in [-0.05, 0) is 37.5 Å². The molecule has 6 nitrogen and oxygen atoms in total. The first-order valence-corrected chi connectivity index (χ1v) is 9.86. The van der Waals surface area contributed by atoms with Crippen molar-refractivity contribution in [1.29, 1.82) is 5.26 Å². The minimum atomic E-state index is -3.20. The van der Waals surface area contributed by atoms with Crippen LogP contribution in [0, 0.1) is 17.2 Å². The van der Waals surface area contributed by atoms with Crippen LogP contribution in [-0.4, -0.2) is 37.5 Å². The fourth-order valence-corrected chi connectivity index (χ4v) is 4.44. The lowest BCUT2D eigenvalue weighted by molar-refractivity contribution is -0.120. The van der Waals surface area contributed by atoms with Crippen molar-refractivity contribution >= 4 is 21.6 Å². The number of nitrogens with zero attached hydrogens (tertiary/aromatic N) is 2. The molecule has 0 aromatic heterocycles. The second-order valence-electron chi connectivity index (χ2n) is 6.02. The van der Waals surface area contributed by atoms with Crippen molar-refractivity contribution in [2.75, 3.05) is 24.2 Å². The minimum absolute atomic E-state index is 0.115. The highest BCUT2D eigenvalue weighted by molar-refractivity contribution is 7.89. The summed E-state index contributed by atoms with van der Waals surface area (Å²) in [4.78, 5) is 12.3. The van der Waals surface area contributed by atoms with Crippen LogP contribution in [0.1, 0.15) is 38.2 Å². The Balaban J connectivity index is 1.90. The SMILES string of the molecule is CCCCS(=O)(=O)N1CCC(C(=O)Nc2cccc(C#N)c2)CC1. The van der Waals surface area contributed by atoms with Crippen LogP contribution in [0.25, 0.3) is 0 Å². The largest absolute Gasteiger partial charge is 0.326 e. The van der Waals surface area contributed by atoms with Crippen molar-refractivity contribution in [1.82, 2.24) is 4.31 Å². The summed E-state index contributed by atoms with van der Waals surface area (Å²) in [6, 6.07) is 8.80. The maximum atomic E-state index is 12.3. The number of sulfonamides is 1. The summed E-state index contributed by atoms with van der Waals surface area (Å²) in [5.74, 6) is -0.134. The lowest BCUT2D eigenvalue weighted by Crippen LogP contribution is -2.42. The van der Waals surface area contributed by atoms with Gasteiger partial charge in [-0.2, -0.15) is 5.26 Å². The molecule has 1 N–H and O–H groups in total. The number of carbonyl (C=O) groups excluding carboxylic acids is 1. The number of amides is 1. The molecule has 130 valence electrons. The van der Waals surface area contributed by atoms with Crippen molar-refractivity contribution in [2.45, 2.75) is 32.6 Å². The fraction of sp³-hybridized carbons (Fsp3) is 0.529. The monoisotopic (exact) mass is 349 g/mol. The number of benzene rings is 1. The van der Waals surface area contributed by atoms with E-state index in [2.05, 4.69) is 5.32 Å². The number of rotatable bonds is 6. The van der Waals surface area contributed by atoms with Gasteiger partial charge in [0.1, 0.15) is 0 Å². The van der Waals surface area contributed by atoms with E-state index >= 15 is 0 Å². The normalized spacial score (nSPS) is 16.5. The summed E-state index contributed by atoms with van der Waals surface area (Å²) in [7, 11) is -3.20. The van der Waals surface area contributed by atoms with E-state index in [0.29, 0.717) is 43.6 Å². The number of piperidine rings is 1. The van der Waals surface area contributed by atoms with Gasteiger partial charge in [0, 0.05) is 24.7 Å². The molecule has 0 unspecified atom stereocenters. The number of unbranched alkanes of at least 4 members (excludes halogenated alkanes) is 1. The minimum Gasteiger partial charge on any atom is -0.326 e. The van der Waals surface area contributed by atoms with E-state index in [4.69, 9.17) is 5.26 Å². The molecule has 2 rings (SSSR count). The molecule has 0 spiro atoms. The molecule has 1 aromatic carbocycles. The zero-order valence-electron chi connectivity index (χ0n) is 13.9. The average Bonchev–Trinajstić information content (AvgIpc) is 2.60. The van der Waals surface area contributed by atoms with Gasteiger partial charge in [0.2, 0.25) is 15.9 Å². The van der Waals surface area contributed by atoms with Crippen LogP contribution in [-0.2, 0) is 14.8 Å². The number of hydrogen-bond acceptors (Lipinski definition) is 4. The van der Waals surface area contributed by atoms with Crippen molar-refractivity contribution in [3.63, 3.8) is 0 Å². The molecular weight excluding hydrogens is 326 g/mol. The number of anilines is 1. The molecule has 1 heterocycles. The summed E-state index contributed by atoms with van der Waals surface area (Å²) in [6.07, 6.45) is 2.56. The zero-order chi connectivity index (χ0) is 17.6. The molecule has 0 atom stereocenters. The predicted molar refractivity (Wildman–Crippen MR) is 92.8 cm³/mol. The first kappa shape index (κ1) is 18.4. The average molecular weight is 349 g/mol. The third kappa shape index (κ3) is 4.79. The lowest BCUT2D eigenvalue weighted by Gasteiger charge is -2.30. The molecule has 1 saturated heterocycles. The Morgan fingerprint density at radius 1 is 1.38 bits per heavy atom. The molecule has 1 aliphatic heterocycles. The zero-order valence-corrected chi connectivity index (χ0v) is 14.7. The van der Waals surface area contributed by atoms with Crippen molar-refractivity contribution in [3.05, 3.63) is 29.8 Å². The quantitative estimate of drug-likeness (QED) is 0.853. The highest BCUT2D eigenvalue weighted by atomic mass is 32.2. The number of hydrogen-bond donors (Lipinski definition) is 1. The van der Waals surface area contributed by atoms with Crippen LogP contribution in [0.2, 0.25) is 0 Å². The molecule has 1 aliphatic rings. The molecule has 0 saturated carbocycles. The lowest BCUT2D eigenvalue weighted by atomic mass is 9.97. The second-order valence-corrected chi connectivity index (χ2v) is 8.11. The first-order chi connectivity index (χ1) is 11.5. The van der Waals surface area contributed by atoms with Crippen LogP contribution in [0.5, 0.6) is 0 Å². The van der Waals surface area contributed by atoms with Gasteiger partial charge in [-0.1, -0.05) is 19.4 Å². The Morgan fingerprint density at radius 3 is 2.71 bits per heavy atom. The van der Waals surface area contributed by atoms with Gasteiger partial charge in [0.15, 0.2) is 0 Å². The van der Waals surface area contributed by atoms with Gasteiger partial charge >= 0.3 is 0 Å². The number of nitriles is 1. The highest BCUT2D eigenvalue weighted by Crippen LogP contribution is 2.22. The van der Waals surface area contributed by atoms with Gasteiger partial charge in [0.05, 0.1) is 17.4 Å². The van der Waals surface area contributed by atoms with Gasteiger partial charge in [-0.3, -0.25) is 4.79 Å².